The summed E-state index contributed by atoms with van der Waals surface area (Å²) in [6.07, 6.45) is -1.12. The van der Waals surface area contributed by atoms with Crippen molar-refractivity contribution in [3.63, 3.8) is 0 Å². The van der Waals surface area contributed by atoms with Crippen molar-refractivity contribution in [1.29, 1.82) is 0 Å². The molecule has 4 atom stereocenters. The van der Waals surface area contributed by atoms with E-state index in [2.05, 4.69) is 0 Å². The molecule has 3 heteroatoms. The van der Waals surface area contributed by atoms with Gasteiger partial charge in [0.2, 0.25) is 0 Å². The Kier molecular flexibility index (Phi) is 3.81. The van der Waals surface area contributed by atoms with E-state index < -0.39 is 17.8 Å². The Morgan fingerprint density at radius 3 is 2.05 bits per heavy atom. The highest BCUT2D eigenvalue weighted by molar-refractivity contribution is 5.29. The summed E-state index contributed by atoms with van der Waals surface area (Å²) >= 11 is 0. The van der Waals surface area contributed by atoms with Gasteiger partial charge in [-0.05, 0) is 24.0 Å². The Bertz CT molecular complexity index is 584. The smallest absolute Gasteiger partial charge is 0.118 e. The summed E-state index contributed by atoms with van der Waals surface area (Å²) in [5, 5.41) is 31.8. The van der Waals surface area contributed by atoms with E-state index in [0.717, 1.165) is 5.56 Å². The minimum atomic E-state index is -1.38. The maximum Gasteiger partial charge on any atom is 0.118 e. The zero-order chi connectivity index (χ0) is 14.9. The first-order chi connectivity index (χ1) is 10.1. The predicted octanol–water partition coefficient (Wildman–Crippen LogP) is 2.17. The molecule has 2 aromatic rings. The molecule has 0 bridgehead atoms. The highest BCUT2D eigenvalue weighted by Crippen LogP contribution is 2.43. The molecule has 0 saturated heterocycles. The van der Waals surface area contributed by atoms with Gasteiger partial charge in [-0.2, -0.15) is 0 Å². The van der Waals surface area contributed by atoms with E-state index in [0.29, 0.717) is 18.4 Å². The first-order valence-corrected chi connectivity index (χ1v) is 7.32. The van der Waals surface area contributed by atoms with Crippen LogP contribution >= 0.6 is 0 Å². The average molecular weight is 284 g/mol. The summed E-state index contributed by atoms with van der Waals surface area (Å²) in [4.78, 5) is 0. The fourth-order valence-corrected chi connectivity index (χ4v) is 3.30. The number of aliphatic hydroxyl groups is 3. The van der Waals surface area contributed by atoms with Crippen LogP contribution in [0.5, 0.6) is 0 Å². The van der Waals surface area contributed by atoms with Crippen molar-refractivity contribution >= 4 is 0 Å². The third kappa shape index (κ3) is 2.48. The molecule has 0 aliphatic heterocycles. The van der Waals surface area contributed by atoms with Crippen molar-refractivity contribution in [2.45, 2.75) is 36.6 Å². The second kappa shape index (κ2) is 5.60. The third-order valence-corrected chi connectivity index (χ3v) is 4.56. The van der Waals surface area contributed by atoms with Gasteiger partial charge < -0.3 is 15.3 Å². The number of rotatable bonds is 2. The van der Waals surface area contributed by atoms with Gasteiger partial charge in [-0.1, -0.05) is 60.7 Å². The zero-order valence-electron chi connectivity index (χ0n) is 11.8. The van der Waals surface area contributed by atoms with Gasteiger partial charge in [-0.3, -0.25) is 0 Å². The van der Waals surface area contributed by atoms with Crippen LogP contribution in [-0.2, 0) is 5.60 Å². The first-order valence-electron chi connectivity index (χ1n) is 7.32. The van der Waals surface area contributed by atoms with Crippen LogP contribution in [0.2, 0.25) is 0 Å². The quantitative estimate of drug-likeness (QED) is 0.792. The number of hydrogen-bond acceptors (Lipinski definition) is 3. The van der Waals surface area contributed by atoms with E-state index in [1.165, 1.54) is 0 Å². The van der Waals surface area contributed by atoms with Crippen LogP contribution < -0.4 is 0 Å². The summed E-state index contributed by atoms with van der Waals surface area (Å²) in [6.45, 7) is 0. The monoisotopic (exact) mass is 284 g/mol. The second-order valence-electron chi connectivity index (χ2n) is 5.78. The lowest BCUT2D eigenvalue weighted by Crippen LogP contribution is -2.52. The molecule has 1 aliphatic rings. The van der Waals surface area contributed by atoms with Crippen LogP contribution in [0.4, 0.5) is 0 Å². The lowest BCUT2D eigenvalue weighted by atomic mass is 9.69. The van der Waals surface area contributed by atoms with Crippen molar-refractivity contribution in [2.75, 3.05) is 0 Å². The van der Waals surface area contributed by atoms with E-state index in [1.807, 2.05) is 48.5 Å². The summed E-state index contributed by atoms with van der Waals surface area (Å²) in [7, 11) is 0. The third-order valence-electron chi connectivity index (χ3n) is 4.56. The van der Waals surface area contributed by atoms with Crippen LogP contribution in [0.25, 0.3) is 0 Å². The lowest BCUT2D eigenvalue weighted by Gasteiger charge is -2.44. The van der Waals surface area contributed by atoms with Gasteiger partial charge in [0, 0.05) is 5.92 Å². The summed E-state index contributed by atoms with van der Waals surface area (Å²) in [5.74, 6) is -0.148. The van der Waals surface area contributed by atoms with Gasteiger partial charge in [0.05, 0.1) is 6.10 Å². The van der Waals surface area contributed by atoms with Gasteiger partial charge in [-0.15, -0.1) is 0 Å². The Balaban J connectivity index is 1.88. The SMILES string of the molecule is O[C@@H]1[C@@H](c2ccccc2)CC[C@](O)(c2ccccc2)[C@@H]1O. The molecule has 0 heterocycles. The molecule has 0 radical (unpaired) electrons. The van der Waals surface area contributed by atoms with Crippen molar-refractivity contribution in [3.05, 3.63) is 71.8 Å². The molecular weight excluding hydrogens is 264 g/mol. The fraction of sp³-hybridized carbons (Fsp3) is 0.333. The van der Waals surface area contributed by atoms with Gasteiger partial charge in [0.15, 0.2) is 0 Å². The Labute approximate surface area is 124 Å². The molecular formula is C18H20O3. The van der Waals surface area contributed by atoms with Crippen LogP contribution in [0.3, 0.4) is 0 Å². The molecule has 2 aromatic carbocycles. The Morgan fingerprint density at radius 1 is 0.857 bits per heavy atom. The molecule has 3 rings (SSSR count). The molecule has 3 nitrogen and oxygen atoms in total. The van der Waals surface area contributed by atoms with E-state index in [-0.39, 0.29) is 5.92 Å². The fourth-order valence-electron chi connectivity index (χ4n) is 3.30. The second-order valence-corrected chi connectivity index (χ2v) is 5.78. The molecule has 1 fully saturated rings. The minimum Gasteiger partial charge on any atom is -0.390 e. The lowest BCUT2D eigenvalue weighted by molar-refractivity contribution is -0.163. The molecule has 0 amide bonds. The van der Waals surface area contributed by atoms with E-state index in [4.69, 9.17) is 0 Å². The molecule has 1 aliphatic carbocycles. The summed E-state index contributed by atoms with van der Waals surface area (Å²) in [5.41, 5.74) is 0.272. The molecule has 1 saturated carbocycles. The largest absolute Gasteiger partial charge is 0.390 e. The molecule has 0 spiro atoms. The molecule has 3 N–H and O–H groups in total. The maximum absolute atomic E-state index is 10.8. The van der Waals surface area contributed by atoms with Gasteiger partial charge in [0.25, 0.3) is 0 Å². The summed E-state index contributed by atoms with van der Waals surface area (Å²) in [6, 6.07) is 18.8. The molecule has 0 aromatic heterocycles. The van der Waals surface area contributed by atoms with Crippen molar-refractivity contribution in [3.8, 4) is 0 Å². The zero-order valence-corrected chi connectivity index (χ0v) is 11.8. The molecule has 21 heavy (non-hydrogen) atoms. The standard InChI is InChI=1S/C18H20O3/c19-16-15(13-7-3-1-4-8-13)11-12-18(21,17(16)20)14-9-5-2-6-10-14/h1-10,15-17,19-21H,11-12H2/t15-,16-,17-,18+/m1/s1. The minimum absolute atomic E-state index is 0.148. The van der Waals surface area contributed by atoms with Gasteiger partial charge in [0.1, 0.15) is 11.7 Å². The number of benzene rings is 2. The van der Waals surface area contributed by atoms with E-state index in [9.17, 15) is 15.3 Å². The Hall–Kier alpha value is -1.68. The highest BCUT2D eigenvalue weighted by atomic mass is 16.4. The summed E-state index contributed by atoms with van der Waals surface area (Å²) < 4.78 is 0. The Morgan fingerprint density at radius 2 is 1.43 bits per heavy atom. The van der Waals surface area contributed by atoms with Crippen molar-refractivity contribution < 1.29 is 15.3 Å². The van der Waals surface area contributed by atoms with Crippen molar-refractivity contribution in [2.24, 2.45) is 0 Å². The highest BCUT2D eigenvalue weighted by Gasteiger charge is 2.48. The molecule has 0 unspecified atom stereocenters. The van der Waals surface area contributed by atoms with Crippen molar-refractivity contribution in [1.82, 2.24) is 0 Å². The van der Waals surface area contributed by atoms with Gasteiger partial charge in [-0.25, -0.2) is 0 Å². The maximum atomic E-state index is 10.8. The number of aliphatic hydroxyl groups excluding tert-OH is 2. The van der Waals surface area contributed by atoms with Crippen LogP contribution in [-0.4, -0.2) is 27.5 Å². The van der Waals surface area contributed by atoms with Gasteiger partial charge >= 0.3 is 0 Å². The van der Waals surface area contributed by atoms with E-state index in [1.54, 1.807) is 12.1 Å². The average Bonchev–Trinajstić information content (AvgIpc) is 2.54. The van der Waals surface area contributed by atoms with E-state index >= 15 is 0 Å². The normalized spacial score (nSPS) is 32.8. The van der Waals surface area contributed by atoms with Crippen LogP contribution in [0.15, 0.2) is 60.7 Å². The predicted molar refractivity (Wildman–Crippen MR) is 80.8 cm³/mol. The topological polar surface area (TPSA) is 60.7 Å². The first kappa shape index (κ1) is 14.3. The van der Waals surface area contributed by atoms with Crippen LogP contribution in [0, 0.1) is 0 Å². The van der Waals surface area contributed by atoms with Crippen LogP contribution in [0.1, 0.15) is 29.9 Å². The number of hydrogen-bond donors (Lipinski definition) is 3. The molecule has 110 valence electrons.